The number of hydrogen-bond acceptors (Lipinski definition) is 4. The van der Waals surface area contributed by atoms with Gasteiger partial charge in [-0.15, -0.1) is 0 Å². The van der Waals surface area contributed by atoms with E-state index in [1.54, 1.807) is 18.2 Å². The van der Waals surface area contributed by atoms with Crippen molar-refractivity contribution in [3.8, 4) is 6.07 Å². The molecule has 1 N–H and O–H groups in total. The Kier molecular flexibility index (Phi) is 8.81. The molecule has 2 aromatic rings. The number of carbonyl (C=O) groups is 2. The summed E-state index contributed by atoms with van der Waals surface area (Å²) >= 11 is 12.9. The van der Waals surface area contributed by atoms with E-state index in [0.717, 1.165) is 0 Å². The van der Waals surface area contributed by atoms with E-state index in [2.05, 4.69) is 69.0 Å². The molecule has 0 atom stereocenters. The number of carboxylic acid groups (broad SMARTS) is 1. The Morgan fingerprint density at radius 3 is 2.08 bits per heavy atom. The monoisotopic (exact) mass is 600 g/mol. The predicted molar refractivity (Wildman–Crippen MR) is 101 cm³/mol. The molecule has 122 valence electrons. The first kappa shape index (κ1) is 22.8. The van der Waals surface area contributed by atoms with Gasteiger partial charge in [-0.3, -0.25) is 4.79 Å². The van der Waals surface area contributed by atoms with Gasteiger partial charge < -0.3 is 15.2 Å². The van der Waals surface area contributed by atoms with Crippen molar-refractivity contribution in [1.82, 2.24) is 0 Å². The van der Waals surface area contributed by atoms with Crippen LogP contribution in [0.4, 0.5) is 5.69 Å². The number of rotatable bonds is 3. The molecule has 0 saturated carbocycles. The number of aromatic carboxylic acids is 1. The van der Waals surface area contributed by atoms with Crippen LogP contribution in [0.2, 0.25) is 0 Å². The molecule has 0 saturated heterocycles. The molecule has 0 aromatic heterocycles. The molecule has 0 radical (unpaired) electrons. The fourth-order valence-corrected chi connectivity index (χ4v) is 4.36. The van der Waals surface area contributed by atoms with Gasteiger partial charge in [0.2, 0.25) is 0 Å². The van der Waals surface area contributed by atoms with E-state index in [1.807, 2.05) is 6.07 Å². The summed E-state index contributed by atoms with van der Waals surface area (Å²) < 4.78 is 1.33. The molecule has 5 nitrogen and oxygen atoms in total. The summed E-state index contributed by atoms with van der Waals surface area (Å²) in [6, 6.07) is 8.23. The quantitative estimate of drug-likeness (QED) is 0.325. The Hall–Kier alpha value is -0.210. The van der Waals surface area contributed by atoms with Crippen LogP contribution in [-0.2, 0) is 0 Å². The zero-order chi connectivity index (χ0) is 18.0. The van der Waals surface area contributed by atoms with Crippen molar-refractivity contribution in [1.29, 1.82) is 5.26 Å². The van der Waals surface area contributed by atoms with E-state index in [1.165, 1.54) is 6.07 Å². The van der Waals surface area contributed by atoms with Gasteiger partial charge in [0.05, 0.1) is 23.2 Å². The molecule has 0 heterocycles. The second-order valence-electron chi connectivity index (χ2n) is 4.44. The average molecular weight is 604 g/mol. The van der Waals surface area contributed by atoms with Crippen molar-refractivity contribution < 1.29 is 44.3 Å². The molecule has 0 unspecified atom stereocenters. The minimum atomic E-state index is -1.51. The number of benzene rings is 2. The molecule has 0 aliphatic carbocycles. The molecule has 0 aliphatic rings. The van der Waals surface area contributed by atoms with E-state index in [0.29, 0.717) is 20.2 Å². The largest absolute Gasteiger partial charge is 1.00 e. The summed E-state index contributed by atoms with van der Waals surface area (Å²) in [5, 5.41) is 23.0. The maximum absolute atomic E-state index is 12.6. The first-order valence-electron chi connectivity index (χ1n) is 6.16. The van der Waals surface area contributed by atoms with Crippen LogP contribution in [0.3, 0.4) is 0 Å². The van der Waals surface area contributed by atoms with E-state index >= 15 is 0 Å². The van der Waals surface area contributed by atoms with E-state index in [-0.39, 0.29) is 49.6 Å². The van der Waals surface area contributed by atoms with Crippen LogP contribution in [0.15, 0.2) is 42.2 Å². The van der Waals surface area contributed by atoms with Crippen LogP contribution in [-0.4, -0.2) is 11.9 Å². The number of carbonyl (C=O) groups excluding carboxylic acids is 2. The fraction of sp³-hybridized carbons (Fsp3) is 0. The van der Waals surface area contributed by atoms with Crippen molar-refractivity contribution in [3.05, 3.63) is 58.8 Å². The van der Waals surface area contributed by atoms with Gasteiger partial charge >= 0.3 is 29.6 Å². The summed E-state index contributed by atoms with van der Waals surface area (Å²) in [5.41, 5.74) is 0.320. The van der Waals surface area contributed by atoms with E-state index in [9.17, 15) is 14.7 Å². The van der Waals surface area contributed by atoms with Gasteiger partial charge in [0.25, 0.3) is 5.91 Å². The summed E-state index contributed by atoms with van der Waals surface area (Å²) in [6.07, 6.45) is 0. The second kappa shape index (κ2) is 9.65. The predicted octanol–water partition coefficient (Wildman–Crippen LogP) is 1.23. The van der Waals surface area contributed by atoms with Crippen molar-refractivity contribution in [2.45, 2.75) is 0 Å². The Morgan fingerprint density at radius 1 is 1.00 bits per heavy atom. The van der Waals surface area contributed by atoms with Gasteiger partial charge in [-0.1, -0.05) is 6.07 Å². The van der Waals surface area contributed by atoms with Crippen molar-refractivity contribution in [2.24, 2.45) is 0 Å². The molecular formula is C15H5Br4N2NaO3. The molecule has 2 rings (SSSR count). The second-order valence-corrected chi connectivity index (χ2v) is 7.61. The number of nitrogens with one attached hydrogen (secondary N) is 1. The van der Waals surface area contributed by atoms with Gasteiger partial charge in [-0.05, 0) is 81.9 Å². The van der Waals surface area contributed by atoms with E-state index in [4.69, 9.17) is 5.26 Å². The minimum Gasteiger partial charge on any atom is -0.545 e. The number of anilines is 1. The standard InChI is InChI=1S/C15H6Br4N2O3.Na/c16-10-8(9(15(23)24)11(17)13(19)12(10)18)14(22)21-7-3-1-2-6(4-7)5-20;/h1-4H,(H,21,22)(H,23,24);/q;+1/p-1. The van der Waals surface area contributed by atoms with Crippen LogP contribution < -0.4 is 40.0 Å². The number of hydrogen-bond donors (Lipinski definition) is 1. The smallest absolute Gasteiger partial charge is 0.545 e. The van der Waals surface area contributed by atoms with Crippen LogP contribution in [0.5, 0.6) is 0 Å². The third-order valence-corrected chi connectivity index (χ3v) is 7.72. The summed E-state index contributed by atoms with van der Waals surface area (Å²) in [4.78, 5) is 24.1. The van der Waals surface area contributed by atoms with E-state index < -0.39 is 11.9 Å². The third-order valence-electron chi connectivity index (χ3n) is 2.95. The number of nitrogens with zero attached hydrogens (tertiary/aromatic N) is 1. The van der Waals surface area contributed by atoms with Crippen molar-refractivity contribution in [3.63, 3.8) is 0 Å². The zero-order valence-electron chi connectivity index (χ0n) is 12.5. The maximum Gasteiger partial charge on any atom is 1.00 e. The third kappa shape index (κ3) is 4.95. The molecular weight excluding hydrogens is 599 g/mol. The molecule has 0 spiro atoms. The number of amides is 1. The molecule has 2 aromatic carbocycles. The summed E-state index contributed by atoms with van der Waals surface area (Å²) in [5.74, 6) is -2.17. The topological polar surface area (TPSA) is 93.0 Å². The van der Waals surface area contributed by atoms with Gasteiger partial charge in [-0.25, -0.2) is 0 Å². The summed E-state index contributed by atoms with van der Waals surface area (Å²) in [6.45, 7) is 0. The van der Waals surface area contributed by atoms with Gasteiger partial charge in [0, 0.05) is 29.1 Å². The van der Waals surface area contributed by atoms with Crippen LogP contribution >= 0.6 is 63.7 Å². The van der Waals surface area contributed by atoms with Gasteiger partial charge in [-0.2, -0.15) is 5.26 Å². The molecule has 0 fully saturated rings. The number of nitriles is 1. The first-order valence-corrected chi connectivity index (χ1v) is 9.34. The molecule has 25 heavy (non-hydrogen) atoms. The number of carboxylic acids is 1. The Balaban J connectivity index is 0.00000312. The molecule has 0 aliphatic heterocycles. The molecule has 0 bridgehead atoms. The maximum atomic E-state index is 12.6. The minimum absolute atomic E-state index is 0. The first-order chi connectivity index (χ1) is 11.3. The van der Waals surface area contributed by atoms with Crippen molar-refractivity contribution in [2.75, 3.05) is 5.32 Å². The average Bonchev–Trinajstić information content (AvgIpc) is 2.55. The Bertz CT molecular complexity index is 913. The Labute approximate surface area is 199 Å². The van der Waals surface area contributed by atoms with Crippen LogP contribution in [0.25, 0.3) is 0 Å². The number of halogens is 4. The normalized spacial score (nSPS) is 9.72. The molecule has 10 heteroatoms. The molecule has 1 amide bonds. The Morgan fingerprint density at radius 2 is 1.56 bits per heavy atom. The summed E-state index contributed by atoms with van der Waals surface area (Å²) in [7, 11) is 0. The van der Waals surface area contributed by atoms with Crippen LogP contribution in [0.1, 0.15) is 26.3 Å². The van der Waals surface area contributed by atoms with Crippen molar-refractivity contribution >= 4 is 81.3 Å². The van der Waals surface area contributed by atoms with Gasteiger partial charge in [0.15, 0.2) is 0 Å². The van der Waals surface area contributed by atoms with Gasteiger partial charge in [0.1, 0.15) is 0 Å². The van der Waals surface area contributed by atoms with Crippen LogP contribution in [0, 0.1) is 11.3 Å². The fourth-order valence-electron chi connectivity index (χ4n) is 1.90. The SMILES string of the molecule is N#Cc1cccc(NC(=O)c2c(Br)c(Br)c(Br)c(Br)c2C(=O)[O-])c1.[Na+]. The zero-order valence-corrected chi connectivity index (χ0v) is 20.8.